The fourth-order valence-corrected chi connectivity index (χ4v) is 3.15. The van der Waals surface area contributed by atoms with Gasteiger partial charge in [0.05, 0.1) is 5.69 Å². The SMILES string of the molecule is CCCCCN(c1ccc(CNCCC)cc1Br)C(C)C. The van der Waals surface area contributed by atoms with Crippen LogP contribution in [0.5, 0.6) is 0 Å². The molecule has 1 rings (SSSR count). The van der Waals surface area contributed by atoms with E-state index < -0.39 is 0 Å². The molecule has 0 aliphatic heterocycles. The summed E-state index contributed by atoms with van der Waals surface area (Å²) in [6.45, 7) is 12.2. The van der Waals surface area contributed by atoms with Crippen LogP contribution in [-0.2, 0) is 6.54 Å². The smallest absolute Gasteiger partial charge is 0.0513 e. The molecule has 0 heterocycles. The number of nitrogens with zero attached hydrogens (tertiary/aromatic N) is 1. The van der Waals surface area contributed by atoms with Gasteiger partial charge < -0.3 is 10.2 Å². The van der Waals surface area contributed by atoms with Crippen molar-refractivity contribution in [2.45, 2.75) is 66.0 Å². The highest BCUT2D eigenvalue weighted by Crippen LogP contribution is 2.29. The van der Waals surface area contributed by atoms with Gasteiger partial charge in [-0.2, -0.15) is 0 Å². The topological polar surface area (TPSA) is 15.3 Å². The Hall–Kier alpha value is -0.540. The molecule has 0 bridgehead atoms. The quantitative estimate of drug-likeness (QED) is 0.569. The molecule has 120 valence electrons. The fourth-order valence-electron chi connectivity index (χ4n) is 2.49. The van der Waals surface area contributed by atoms with Gasteiger partial charge in [-0.15, -0.1) is 0 Å². The molecule has 21 heavy (non-hydrogen) atoms. The molecule has 0 aromatic heterocycles. The van der Waals surface area contributed by atoms with Crippen molar-refractivity contribution in [3.63, 3.8) is 0 Å². The molecular formula is C18H31BrN2. The second-order valence-electron chi connectivity index (χ2n) is 5.96. The summed E-state index contributed by atoms with van der Waals surface area (Å²) in [4.78, 5) is 2.50. The number of unbranched alkanes of at least 4 members (excludes halogenated alkanes) is 2. The average Bonchev–Trinajstić information content (AvgIpc) is 2.45. The molecule has 0 spiro atoms. The minimum atomic E-state index is 0.530. The van der Waals surface area contributed by atoms with Crippen LogP contribution < -0.4 is 10.2 Å². The summed E-state index contributed by atoms with van der Waals surface area (Å²) in [6, 6.07) is 7.30. The van der Waals surface area contributed by atoms with Crippen molar-refractivity contribution in [2.24, 2.45) is 0 Å². The zero-order chi connectivity index (χ0) is 15.7. The second-order valence-corrected chi connectivity index (χ2v) is 6.81. The van der Waals surface area contributed by atoms with Gasteiger partial charge in [-0.05, 0) is 66.9 Å². The van der Waals surface area contributed by atoms with E-state index in [0.717, 1.165) is 19.6 Å². The van der Waals surface area contributed by atoms with Gasteiger partial charge in [-0.3, -0.25) is 0 Å². The first kappa shape index (κ1) is 18.5. The maximum atomic E-state index is 3.76. The summed E-state index contributed by atoms with van der Waals surface area (Å²) < 4.78 is 1.21. The van der Waals surface area contributed by atoms with Crippen molar-refractivity contribution in [3.05, 3.63) is 28.2 Å². The summed E-state index contributed by atoms with van der Waals surface area (Å²) in [6.07, 6.45) is 5.02. The van der Waals surface area contributed by atoms with Gasteiger partial charge in [0.2, 0.25) is 0 Å². The van der Waals surface area contributed by atoms with E-state index >= 15 is 0 Å². The first-order chi connectivity index (χ1) is 10.1. The number of halogens is 1. The van der Waals surface area contributed by atoms with Gasteiger partial charge in [0, 0.05) is 23.6 Å². The monoisotopic (exact) mass is 354 g/mol. The lowest BCUT2D eigenvalue weighted by atomic mass is 10.1. The minimum absolute atomic E-state index is 0.530. The number of benzene rings is 1. The standard InChI is InChI=1S/C18H31BrN2/c1-5-7-8-12-21(15(3)4)18-10-9-16(13-17(18)19)14-20-11-6-2/h9-10,13,15,20H,5-8,11-12,14H2,1-4H3. The molecule has 0 aliphatic rings. The largest absolute Gasteiger partial charge is 0.368 e. The van der Waals surface area contributed by atoms with Crippen LogP contribution in [-0.4, -0.2) is 19.1 Å². The van der Waals surface area contributed by atoms with E-state index in [9.17, 15) is 0 Å². The van der Waals surface area contributed by atoms with Gasteiger partial charge in [-0.1, -0.05) is 32.8 Å². The Bertz CT molecular complexity index is 404. The molecule has 1 aromatic rings. The molecule has 0 radical (unpaired) electrons. The predicted molar refractivity (Wildman–Crippen MR) is 98.1 cm³/mol. The Balaban J connectivity index is 2.74. The molecule has 0 saturated carbocycles. The van der Waals surface area contributed by atoms with Crippen LogP contribution in [0.1, 0.15) is 58.9 Å². The Morgan fingerprint density at radius 3 is 2.48 bits per heavy atom. The third kappa shape index (κ3) is 6.39. The van der Waals surface area contributed by atoms with Crippen LogP contribution in [0.3, 0.4) is 0 Å². The molecule has 0 saturated heterocycles. The summed E-state index contributed by atoms with van der Waals surface area (Å²) >= 11 is 3.76. The zero-order valence-corrected chi connectivity index (χ0v) is 15.7. The van der Waals surface area contributed by atoms with E-state index in [4.69, 9.17) is 0 Å². The van der Waals surface area contributed by atoms with Crippen LogP contribution in [0.15, 0.2) is 22.7 Å². The van der Waals surface area contributed by atoms with Crippen molar-refractivity contribution in [2.75, 3.05) is 18.0 Å². The Morgan fingerprint density at radius 1 is 1.14 bits per heavy atom. The third-order valence-corrected chi connectivity index (χ3v) is 4.34. The maximum absolute atomic E-state index is 3.76. The Morgan fingerprint density at radius 2 is 1.90 bits per heavy atom. The molecule has 0 atom stereocenters. The highest BCUT2D eigenvalue weighted by Gasteiger charge is 2.13. The molecule has 0 amide bonds. The summed E-state index contributed by atoms with van der Waals surface area (Å²) in [5, 5.41) is 3.46. The number of rotatable bonds is 10. The second kappa shape index (κ2) is 10.2. The predicted octanol–water partition coefficient (Wildman–Crippen LogP) is 5.35. The molecule has 1 N–H and O–H groups in total. The van der Waals surface area contributed by atoms with Gasteiger partial charge in [0.1, 0.15) is 0 Å². The molecule has 1 aromatic carbocycles. The number of hydrogen-bond donors (Lipinski definition) is 1. The molecule has 3 heteroatoms. The third-order valence-electron chi connectivity index (χ3n) is 3.70. The van der Waals surface area contributed by atoms with Crippen molar-refractivity contribution >= 4 is 21.6 Å². The molecule has 0 fully saturated rings. The Labute approximate surface area is 139 Å². The number of hydrogen-bond acceptors (Lipinski definition) is 2. The molecule has 0 unspecified atom stereocenters. The van der Waals surface area contributed by atoms with Crippen LogP contribution in [0.4, 0.5) is 5.69 Å². The Kier molecular flexibility index (Phi) is 9.02. The average molecular weight is 355 g/mol. The van der Waals surface area contributed by atoms with E-state index in [1.165, 1.54) is 41.4 Å². The normalized spacial score (nSPS) is 11.1. The van der Waals surface area contributed by atoms with E-state index in [-0.39, 0.29) is 0 Å². The number of anilines is 1. The van der Waals surface area contributed by atoms with Gasteiger partial charge in [-0.25, -0.2) is 0 Å². The van der Waals surface area contributed by atoms with Gasteiger partial charge >= 0.3 is 0 Å². The lowest BCUT2D eigenvalue weighted by Gasteiger charge is -2.30. The van der Waals surface area contributed by atoms with Crippen molar-refractivity contribution in [3.8, 4) is 0 Å². The summed E-state index contributed by atoms with van der Waals surface area (Å²) in [5.74, 6) is 0. The van der Waals surface area contributed by atoms with Crippen molar-refractivity contribution in [1.82, 2.24) is 5.32 Å². The highest BCUT2D eigenvalue weighted by molar-refractivity contribution is 9.10. The molecule has 0 aliphatic carbocycles. The number of nitrogens with one attached hydrogen (secondary N) is 1. The summed E-state index contributed by atoms with van der Waals surface area (Å²) in [7, 11) is 0. The van der Waals surface area contributed by atoms with Gasteiger partial charge in [0.15, 0.2) is 0 Å². The van der Waals surface area contributed by atoms with Crippen LogP contribution in [0.2, 0.25) is 0 Å². The van der Waals surface area contributed by atoms with E-state index in [0.29, 0.717) is 6.04 Å². The van der Waals surface area contributed by atoms with Crippen molar-refractivity contribution < 1.29 is 0 Å². The highest BCUT2D eigenvalue weighted by atomic mass is 79.9. The van der Waals surface area contributed by atoms with E-state index in [1.54, 1.807) is 0 Å². The van der Waals surface area contributed by atoms with E-state index in [1.807, 2.05) is 0 Å². The fraction of sp³-hybridized carbons (Fsp3) is 0.667. The summed E-state index contributed by atoms with van der Waals surface area (Å²) in [5.41, 5.74) is 2.66. The lowest BCUT2D eigenvalue weighted by Crippen LogP contribution is -2.32. The van der Waals surface area contributed by atoms with E-state index in [2.05, 4.69) is 72.0 Å². The lowest BCUT2D eigenvalue weighted by molar-refractivity contribution is 0.624. The maximum Gasteiger partial charge on any atom is 0.0513 e. The van der Waals surface area contributed by atoms with Crippen LogP contribution >= 0.6 is 15.9 Å². The first-order valence-corrected chi connectivity index (χ1v) is 9.15. The van der Waals surface area contributed by atoms with Crippen LogP contribution in [0.25, 0.3) is 0 Å². The molecular weight excluding hydrogens is 324 g/mol. The first-order valence-electron chi connectivity index (χ1n) is 8.35. The zero-order valence-electron chi connectivity index (χ0n) is 14.1. The minimum Gasteiger partial charge on any atom is -0.368 e. The van der Waals surface area contributed by atoms with Crippen LogP contribution in [0, 0.1) is 0 Å². The molecule has 2 nitrogen and oxygen atoms in total. The van der Waals surface area contributed by atoms with Gasteiger partial charge in [0.25, 0.3) is 0 Å². The van der Waals surface area contributed by atoms with Crippen molar-refractivity contribution in [1.29, 1.82) is 0 Å².